The van der Waals surface area contributed by atoms with Crippen molar-refractivity contribution in [3.8, 4) is 11.8 Å². The molecule has 0 aliphatic rings. The van der Waals surface area contributed by atoms with Crippen LogP contribution >= 0.6 is 0 Å². The molecular weight excluding hydrogens is 238 g/mol. The highest BCUT2D eigenvalue weighted by molar-refractivity contribution is 5.33. The van der Waals surface area contributed by atoms with Gasteiger partial charge >= 0.3 is 0 Å². The fourth-order valence-electron chi connectivity index (χ4n) is 1.29. The van der Waals surface area contributed by atoms with Crippen molar-refractivity contribution in [1.29, 1.82) is 0 Å². The molecule has 0 saturated heterocycles. The molecule has 1 aromatic heterocycles. The van der Waals surface area contributed by atoms with Crippen LogP contribution in [0, 0.1) is 0 Å². The molecule has 0 saturated carbocycles. The minimum atomic E-state index is -0.0733. The van der Waals surface area contributed by atoms with E-state index in [1.165, 1.54) is 14.2 Å². The molecule has 1 unspecified atom stereocenters. The topological polar surface area (TPSA) is 74.7 Å². The van der Waals surface area contributed by atoms with E-state index in [4.69, 9.17) is 18.9 Å². The zero-order chi connectivity index (χ0) is 13.4. The van der Waals surface area contributed by atoms with Crippen LogP contribution in [-0.2, 0) is 9.47 Å². The predicted molar refractivity (Wildman–Crippen MR) is 66.3 cm³/mol. The van der Waals surface area contributed by atoms with E-state index in [9.17, 15) is 0 Å². The Balaban J connectivity index is 2.65. The number of aromatic nitrogens is 2. The molecule has 0 spiro atoms. The molecule has 7 heteroatoms. The number of nitrogens with one attached hydrogen (secondary N) is 1. The maximum Gasteiger partial charge on any atom is 0.229 e. The highest BCUT2D eigenvalue weighted by Gasteiger charge is 2.09. The maximum atomic E-state index is 5.22. The summed E-state index contributed by atoms with van der Waals surface area (Å²) in [7, 11) is 6.32. The Kier molecular flexibility index (Phi) is 6.16. The van der Waals surface area contributed by atoms with Gasteiger partial charge in [0, 0.05) is 20.8 Å². The van der Waals surface area contributed by atoms with Crippen LogP contribution in [-0.4, -0.2) is 57.7 Å². The third-order valence-electron chi connectivity index (χ3n) is 2.27. The van der Waals surface area contributed by atoms with Crippen molar-refractivity contribution >= 4 is 5.95 Å². The molecule has 1 rings (SSSR count). The molecule has 1 atom stereocenters. The zero-order valence-corrected chi connectivity index (χ0v) is 11.1. The molecule has 1 N–H and O–H groups in total. The molecule has 0 aliphatic heterocycles. The van der Waals surface area contributed by atoms with Gasteiger partial charge in [0.2, 0.25) is 17.7 Å². The molecule has 0 amide bonds. The Morgan fingerprint density at radius 3 is 2.17 bits per heavy atom. The number of ether oxygens (including phenoxy) is 4. The summed E-state index contributed by atoms with van der Waals surface area (Å²) in [5.41, 5.74) is 0. The summed E-state index contributed by atoms with van der Waals surface area (Å²) in [5.74, 6) is 1.29. The molecule has 102 valence electrons. The largest absolute Gasteiger partial charge is 0.481 e. The van der Waals surface area contributed by atoms with E-state index >= 15 is 0 Å². The molecule has 7 nitrogen and oxygen atoms in total. The van der Waals surface area contributed by atoms with Gasteiger partial charge in [-0.3, -0.25) is 0 Å². The Bertz CT molecular complexity index is 340. The zero-order valence-electron chi connectivity index (χ0n) is 11.1. The first kappa shape index (κ1) is 14.5. The van der Waals surface area contributed by atoms with Gasteiger partial charge in [0.1, 0.15) is 0 Å². The third-order valence-corrected chi connectivity index (χ3v) is 2.27. The van der Waals surface area contributed by atoms with Crippen LogP contribution < -0.4 is 14.8 Å². The smallest absolute Gasteiger partial charge is 0.229 e. The van der Waals surface area contributed by atoms with E-state index in [1.807, 2.05) is 0 Å². The van der Waals surface area contributed by atoms with Gasteiger partial charge in [-0.1, -0.05) is 0 Å². The van der Waals surface area contributed by atoms with Gasteiger partial charge in [-0.05, 0) is 0 Å². The molecule has 1 heterocycles. The van der Waals surface area contributed by atoms with Gasteiger partial charge in [0.25, 0.3) is 0 Å². The summed E-state index contributed by atoms with van der Waals surface area (Å²) in [6.45, 7) is 1.02. The lowest BCUT2D eigenvalue weighted by atomic mass is 10.4. The van der Waals surface area contributed by atoms with Crippen molar-refractivity contribution in [2.24, 2.45) is 0 Å². The van der Waals surface area contributed by atoms with E-state index in [1.54, 1.807) is 20.3 Å². The standard InChI is InChI=1S/C11H19N3O4/c1-15-7-8(16-2)6-12-11-13-9(17-3)5-10(14-11)18-4/h5,8H,6-7H2,1-4H3,(H,12,13,14). The molecule has 0 radical (unpaired) electrons. The Labute approximate surface area is 106 Å². The lowest BCUT2D eigenvalue weighted by Gasteiger charge is -2.15. The normalized spacial score (nSPS) is 12.0. The molecule has 0 fully saturated rings. The number of methoxy groups -OCH3 is 4. The van der Waals surface area contributed by atoms with Crippen molar-refractivity contribution in [3.05, 3.63) is 6.07 Å². The summed E-state index contributed by atoms with van der Waals surface area (Å²) in [4.78, 5) is 8.29. The van der Waals surface area contributed by atoms with Crippen LogP contribution in [0.2, 0.25) is 0 Å². The van der Waals surface area contributed by atoms with Gasteiger partial charge in [0.05, 0.1) is 33.0 Å². The molecule has 0 aliphatic carbocycles. The van der Waals surface area contributed by atoms with Crippen LogP contribution in [0.25, 0.3) is 0 Å². The van der Waals surface area contributed by atoms with Crippen molar-refractivity contribution in [2.75, 3.05) is 46.9 Å². The molecule has 18 heavy (non-hydrogen) atoms. The van der Waals surface area contributed by atoms with Gasteiger partial charge < -0.3 is 24.3 Å². The van der Waals surface area contributed by atoms with E-state index in [-0.39, 0.29) is 6.10 Å². The highest BCUT2D eigenvalue weighted by Crippen LogP contribution is 2.17. The Morgan fingerprint density at radius 1 is 1.11 bits per heavy atom. The lowest BCUT2D eigenvalue weighted by molar-refractivity contribution is 0.0364. The molecular formula is C11H19N3O4. The van der Waals surface area contributed by atoms with Gasteiger partial charge in [0.15, 0.2) is 0 Å². The fourth-order valence-corrected chi connectivity index (χ4v) is 1.29. The SMILES string of the molecule is COCC(CNc1nc(OC)cc(OC)n1)OC. The quantitative estimate of drug-likeness (QED) is 0.729. The van der Waals surface area contributed by atoms with E-state index in [0.29, 0.717) is 30.9 Å². The third kappa shape index (κ3) is 4.34. The summed E-state index contributed by atoms with van der Waals surface area (Å²) >= 11 is 0. The van der Waals surface area contributed by atoms with Crippen LogP contribution in [0.1, 0.15) is 0 Å². The van der Waals surface area contributed by atoms with Crippen LogP contribution in [0.5, 0.6) is 11.8 Å². The van der Waals surface area contributed by atoms with E-state index in [0.717, 1.165) is 0 Å². The van der Waals surface area contributed by atoms with E-state index in [2.05, 4.69) is 15.3 Å². The summed E-state index contributed by atoms with van der Waals surface area (Å²) < 4.78 is 20.3. The van der Waals surface area contributed by atoms with Crippen molar-refractivity contribution in [1.82, 2.24) is 9.97 Å². The lowest BCUT2D eigenvalue weighted by Crippen LogP contribution is -2.27. The minimum absolute atomic E-state index is 0.0733. The fraction of sp³-hybridized carbons (Fsp3) is 0.636. The van der Waals surface area contributed by atoms with Crippen LogP contribution in [0.15, 0.2) is 6.07 Å². The van der Waals surface area contributed by atoms with Gasteiger partial charge in [-0.25, -0.2) is 0 Å². The minimum Gasteiger partial charge on any atom is -0.481 e. The number of nitrogens with zero attached hydrogens (tertiary/aromatic N) is 2. The molecule has 1 aromatic rings. The maximum absolute atomic E-state index is 5.22. The summed E-state index contributed by atoms with van der Waals surface area (Å²) in [5, 5.41) is 3.04. The average molecular weight is 257 g/mol. The first-order valence-corrected chi connectivity index (χ1v) is 5.46. The molecule has 0 bridgehead atoms. The predicted octanol–water partition coefficient (Wildman–Crippen LogP) is 0.567. The van der Waals surface area contributed by atoms with E-state index < -0.39 is 0 Å². The van der Waals surface area contributed by atoms with Crippen molar-refractivity contribution in [3.63, 3.8) is 0 Å². The molecule has 0 aromatic carbocycles. The second-order valence-electron chi connectivity index (χ2n) is 3.47. The monoisotopic (exact) mass is 257 g/mol. The van der Waals surface area contributed by atoms with Crippen LogP contribution in [0.3, 0.4) is 0 Å². The van der Waals surface area contributed by atoms with Crippen molar-refractivity contribution in [2.45, 2.75) is 6.10 Å². The second kappa shape index (κ2) is 7.67. The average Bonchev–Trinajstić information content (AvgIpc) is 2.42. The first-order chi connectivity index (χ1) is 8.73. The number of rotatable bonds is 8. The Morgan fingerprint density at radius 2 is 1.72 bits per heavy atom. The van der Waals surface area contributed by atoms with Gasteiger partial charge in [-0.15, -0.1) is 0 Å². The number of hydrogen-bond acceptors (Lipinski definition) is 7. The second-order valence-corrected chi connectivity index (χ2v) is 3.47. The van der Waals surface area contributed by atoms with Crippen LogP contribution in [0.4, 0.5) is 5.95 Å². The summed E-state index contributed by atoms with van der Waals surface area (Å²) in [6, 6.07) is 1.61. The highest BCUT2D eigenvalue weighted by atomic mass is 16.5. The van der Waals surface area contributed by atoms with Crippen molar-refractivity contribution < 1.29 is 18.9 Å². The summed E-state index contributed by atoms with van der Waals surface area (Å²) in [6.07, 6.45) is -0.0733. The number of hydrogen-bond donors (Lipinski definition) is 1. The van der Waals surface area contributed by atoms with Gasteiger partial charge in [-0.2, -0.15) is 9.97 Å². The number of anilines is 1. The Hall–Kier alpha value is -1.60. The first-order valence-electron chi connectivity index (χ1n) is 5.46.